The van der Waals surface area contributed by atoms with E-state index in [1.165, 1.54) is 6.07 Å². The Hall–Kier alpha value is -0.640. The molecular formula is C17H28ClFN2. The Balaban J connectivity index is 3.35. The summed E-state index contributed by atoms with van der Waals surface area (Å²) < 4.78 is 13.7. The van der Waals surface area contributed by atoms with Crippen molar-refractivity contribution in [3.63, 3.8) is 0 Å². The molecule has 1 aromatic rings. The number of nitrogens with zero attached hydrogens (tertiary/aromatic N) is 1. The molecule has 1 rings (SSSR count). The number of halogens is 2. The van der Waals surface area contributed by atoms with E-state index in [1.807, 2.05) is 0 Å². The summed E-state index contributed by atoms with van der Waals surface area (Å²) in [6, 6.07) is 4.64. The molecule has 0 spiro atoms. The van der Waals surface area contributed by atoms with E-state index in [4.69, 9.17) is 11.6 Å². The Morgan fingerprint density at radius 3 is 2.33 bits per heavy atom. The summed E-state index contributed by atoms with van der Waals surface area (Å²) in [7, 11) is 4.17. The van der Waals surface area contributed by atoms with E-state index >= 15 is 0 Å². The first kappa shape index (κ1) is 18.4. The molecule has 1 unspecified atom stereocenters. The first-order chi connectivity index (χ1) is 9.92. The Labute approximate surface area is 133 Å². The van der Waals surface area contributed by atoms with Crippen LogP contribution in [-0.4, -0.2) is 31.1 Å². The van der Waals surface area contributed by atoms with Crippen LogP contribution in [0.1, 0.15) is 51.6 Å². The summed E-state index contributed by atoms with van der Waals surface area (Å²) in [5.41, 5.74) is 0.759. The lowest BCUT2D eigenvalue weighted by atomic mass is 9.79. The maximum absolute atomic E-state index is 13.7. The fourth-order valence-corrected chi connectivity index (χ4v) is 3.39. The molecule has 2 nitrogen and oxygen atoms in total. The fraction of sp³-hybridized carbons (Fsp3) is 0.647. The summed E-state index contributed by atoms with van der Waals surface area (Å²) in [5.74, 6) is -0.238. The molecule has 1 atom stereocenters. The van der Waals surface area contributed by atoms with Crippen molar-refractivity contribution in [3.8, 4) is 0 Å². The summed E-state index contributed by atoms with van der Waals surface area (Å²) in [5, 5.41) is 4.21. The van der Waals surface area contributed by atoms with Gasteiger partial charge in [0, 0.05) is 10.6 Å². The normalized spacial score (nSPS) is 13.7. The minimum absolute atomic E-state index is 0.00523. The lowest BCUT2D eigenvalue weighted by Crippen LogP contribution is -2.53. The molecule has 0 radical (unpaired) electrons. The van der Waals surface area contributed by atoms with Gasteiger partial charge in [0.05, 0.1) is 6.04 Å². The number of likely N-dealkylation sites (N-methyl/N-ethyl adjacent to an activating group) is 1. The van der Waals surface area contributed by atoms with Gasteiger partial charge in [0.25, 0.3) is 0 Å². The standard InChI is InChI=1S/C17H28ClFN2/c1-6-11-20-16(17(7-2,8-3)21(4)5)14-12-13(19)9-10-15(14)18/h9-10,12,16,20H,6-8,11H2,1-5H3. The van der Waals surface area contributed by atoms with Gasteiger partial charge in [0.1, 0.15) is 5.82 Å². The van der Waals surface area contributed by atoms with Gasteiger partial charge in [-0.15, -0.1) is 0 Å². The second-order valence-corrected chi connectivity index (χ2v) is 6.17. The van der Waals surface area contributed by atoms with Crippen molar-refractivity contribution in [2.45, 2.75) is 51.6 Å². The van der Waals surface area contributed by atoms with E-state index in [9.17, 15) is 4.39 Å². The third-order valence-electron chi connectivity index (χ3n) is 4.52. The van der Waals surface area contributed by atoms with Crippen LogP contribution in [0.15, 0.2) is 18.2 Å². The quantitative estimate of drug-likeness (QED) is 0.752. The predicted octanol–water partition coefficient (Wildman–Crippen LogP) is 4.64. The molecule has 0 aliphatic heterocycles. The minimum Gasteiger partial charge on any atom is -0.308 e. The molecule has 1 N–H and O–H groups in total. The molecule has 0 aliphatic rings. The van der Waals surface area contributed by atoms with Crippen LogP contribution in [0.25, 0.3) is 0 Å². The number of nitrogens with one attached hydrogen (secondary N) is 1. The van der Waals surface area contributed by atoms with E-state index in [-0.39, 0.29) is 17.4 Å². The third kappa shape index (κ3) is 3.97. The predicted molar refractivity (Wildman–Crippen MR) is 89.4 cm³/mol. The smallest absolute Gasteiger partial charge is 0.123 e. The summed E-state index contributed by atoms with van der Waals surface area (Å²) in [6.45, 7) is 7.37. The van der Waals surface area contributed by atoms with Crippen LogP contribution in [-0.2, 0) is 0 Å². The van der Waals surface area contributed by atoms with Crippen molar-refractivity contribution < 1.29 is 4.39 Å². The van der Waals surface area contributed by atoms with Gasteiger partial charge in [0.2, 0.25) is 0 Å². The maximum Gasteiger partial charge on any atom is 0.123 e. The summed E-state index contributed by atoms with van der Waals surface area (Å²) in [6.07, 6.45) is 2.95. The fourth-order valence-electron chi connectivity index (χ4n) is 3.16. The first-order valence-electron chi connectivity index (χ1n) is 7.78. The molecular weight excluding hydrogens is 287 g/mol. The highest BCUT2D eigenvalue weighted by Crippen LogP contribution is 2.39. The minimum atomic E-state index is -0.238. The van der Waals surface area contributed by atoms with Crippen LogP contribution in [0.3, 0.4) is 0 Å². The molecule has 0 aliphatic carbocycles. The van der Waals surface area contributed by atoms with Gasteiger partial charge in [0.15, 0.2) is 0 Å². The molecule has 1 aromatic carbocycles. The van der Waals surface area contributed by atoms with Crippen molar-refractivity contribution in [2.75, 3.05) is 20.6 Å². The van der Waals surface area contributed by atoms with Crippen LogP contribution in [0, 0.1) is 5.82 Å². The number of benzene rings is 1. The highest BCUT2D eigenvalue weighted by atomic mass is 35.5. The van der Waals surface area contributed by atoms with Gasteiger partial charge in [-0.2, -0.15) is 0 Å². The van der Waals surface area contributed by atoms with Crippen molar-refractivity contribution >= 4 is 11.6 Å². The third-order valence-corrected chi connectivity index (χ3v) is 4.86. The molecule has 0 saturated heterocycles. The van der Waals surface area contributed by atoms with E-state index < -0.39 is 0 Å². The van der Waals surface area contributed by atoms with Gasteiger partial charge in [-0.25, -0.2) is 4.39 Å². The van der Waals surface area contributed by atoms with E-state index in [0.29, 0.717) is 5.02 Å². The number of hydrogen-bond acceptors (Lipinski definition) is 2. The average Bonchev–Trinajstić information content (AvgIpc) is 2.46. The van der Waals surface area contributed by atoms with E-state index in [2.05, 4.69) is 45.1 Å². The van der Waals surface area contributed by atoms with Crippen LogP contribution < -0.4 is 5.32 Å². The van der Waals surface area contributed by atoms with Gasteiger partial charge in [-0.1, -0.05) is 32.4 Å². The largest absolute Gasteiger partial charge is 0.308 e. The highest BCUT2D eigenvalue weighted by Gasteiger charge is 2.39. The second kappa shape index (κ2) is 8.11. The molecule has 0 amide bonds. The van der Waals surface area contributed by atoms with Crippen LogP contribution in [0.4, 0.5) is 4.39 Å². The molecule has 0 fully saturated rings. The van der Waals surface area contributed by atoms with Crippen LogP contribution >= 0.6 is 11.6 Å². The van der Waals surface area contributed by atoms with E-state index in [1.54, 1.807) is 12.1 Å². The monoisotopic (exact) mass is 314 g/mol. The zero-order chi connectivity index (χ0) is 16.0. The summed E-state index contributed by atoms with van der Waals surface area (Å²) >= 11 is 6.37. The topological polar surface area (TPSA) is 15.3 Å². The molecule has 0 saturated carbocycles. The van der Waals surface area contributed by atoms with Gasteiger partial charge in [-0.3, -0.25) is 0 Å². The van der Waals surface area contributed by atoms with E-state index in [0.717, 1.165) is 31.4 Å². The zero-order valence-electron chi connectivity index (χ0n) is 13.8. The molecule has 0 aromatic heterocycles. The van der Waals surface area contributed by atoms with Crippen molar-refractivity contribution in [3.05, 3.63) is 34.6 Å². The highest BCUT2D eigenvalue weighted by molar-refractivity contribution is 6.31. The average molecular weight is 315 g/mol. The lowest BCUT2D eigenvalue weighted by molar-refractivity contribution is 0.0880. The first-order valence-corrected chi connectivity index (χ1v) is 8.16. The molecule has 21 heavy (non-hydrogen) atoms. The van der Waals surface area contributed by atoms with Crippen molar-refractivity contribution in [1.82, 2.24) is 10.2 Å². The summed E-state index contributed by atoms with van der Waals surface area (Å²) in [4.78, 5) is 2.24. The lowest BCUT2D eigenvalue weighted by Gasteiger charge is -2.46. The number of rotatable bonds is 8. The second-order valence-electron chi connectivity index (χ2n) is 5.76. The molecule has 4 heteroatoms. The van der Waals surface area contributed by atoms with Gasteiger partial charge >= 0.3 is 0 Å². The van der Waals surface area contributed by atoms with Crippen molar-refractivity contribution in [1.29, 1.82) is 0 Å². The molecule has 0 heterocycles. The Morgan fingerprint density at radius 2 is 1.86 bits per heavy atom. The zero-order valence-corrected chi connectivity index (χ0v) is 14.6. The number of hydrogen-bond donors (Lipinski definition) is 1. The van der Waals surface area contributed by atoms with Gasteiger partial charge < -0.3 is 10.2 Å². The Bertz CT molecular complexity index is 444. The Morgan fingerprint density at radius 1 is 1.24 bits per heavy atom. The maximum atomic E-state index is 13.7. The Kier molecular flexibility index (Phi) is 7.11. The molecule has 120 valence electrons. The SMILES string of the molecule is CCCNC(c1cc(F)ccc1Cl)C(CC)(CC)N(C)C. The molecule has 0 bridgehead atoms. The van der Waals surface area contributed by atoms with Crippen LogP contribution in [0.2, 0.25) is 5.02 Å². The van der Waals surface area contributed by atoms with Gasteiger partial charge in [-0.05, 0) is 63.7 Å². The van der Waals surface area contributed by atoms with Crippen LogP contribution in [0.5, 0.6) is 0 Å². The van der Waals surface area contributed by atoms with Crippen molar-refractivity contribution in [2.24, 2.45) is 0 Å².